The van der Waals surface area contributed by atoms with E-state index in [-0.39, 0.29) is 60.5 Å². The molecule has 0 aliphatic carbocycles. The second-order valence-corrected chi connectivity index (χ2v) is 12.7. The number of nitrogens with one attached hydrogen (secondary N) is 8. The fraction of sp³-hybridized carbons (Fsp3) is 0.882. The van der Waals surface area contributed by atoms with Crippen molar-refractivity contribution in [2.24, 2.45) is 0 Å². The first-order chi connectivity index (χ1) is 22.2. The molecule has 46 heavy (non-hydrogen) atoms. The van der Waals surface area contributed by atoms with Crippen molar-refractivity contribution >= 4 is 23.5 Å². The quantitative estimate of drug-likeness (QED) is 0.0505. The summed E-state index contributed by atoms with van der Waals surface area (Å²) < 4.78 is 0. The number of hydrogen-bond donors (Lipinski definition) is 8. The van der Waals surface area contributed by atoms with Crippen LogP contribution in [-0.4, -0.2) is 109 Å². The maximum absolute atomic E-state index is 13.4. The molecule has 0 aromatic heterocycles. The Morgan fingerprint density at radius 2 is 0.696 bits per heavy atom. The smallest absolute Gasteiger partial charge is 0.222 e. The summed E-state index contributed by atoms with van der Waals surface area (Å²) in [4.78, 5) is 51.4. The third-order valence-corrected chi connectivity index (χ3v) is 8.25. The van der Waals surface area contributed by atoms with Gasteiger partial charge in [-0.1, -0.05) is 25.7 Å². The van der Waals surface area contributed by atoms with Gasteiger partial charge in [0.2, 0.25) is 17.7 Å². The van der Waals surface area contributed by atoms with Gasteiger partial charge in [-0.3, -0.25) is 19.2 Å². The van der Waals surface area contributed by atoms with E-state index in [4.69, 9.17) is 0 Å². The van der Waals surface area contributed by atoms with E-state index in [1.807, 2.05) is 35.2 Å². The van der Waals surface area contributed by atoms with Crippen molar-refractivity contribution in [1.29, 1.82) is 0 Å². The molecular formula is C34H70N8O4. The first kappa shape index (κ1) is 43.9. The summed E-state index contributed by atoms with van der Waals surface area (Å²) in [6.45, 7) is 5.15. The van der Waals surface area contributed by atoms with Crippen LogP contribution in [0.3, 0.4) is 0 Å². The highest BCUT2D eigenvalue weighted by Gasteiger charge is 2.23. The highest BCUT2D eigenvalue weighted by Crippen LogP contribution is 2.12. The molecule has 0 aliphatic heterocycles. The molecule has 270 valence electrons. The van der Waals surface area contributed by atoms with Crippen molar-refractivity contribution in [2.75, 3.05) is 61.4 Å². The Balaban J connectivity index is 5.36. The number of carbonyl (C=O) groups is 4. The predicted molar refractivity (Wildman–Crippen MR) is 189 cm³/mol. The molecule has 0 rings (SSSR count). The normalized spacial score (nSPS) is 13.9. The second-order valence-electron chi connectivity index (χ2n) is 12.7. The van der Waals surface area contributed by atoms with Crippen LogP contribution in [0.15, 0.2) is 0 Å². The molecular weight excluding hydrogens is 584 g/mol. The molecule has 12 heteroatoms. The van der Waals surface area contributed by atoms with E-state index in [0.717, 1.165) is 90.4 Å². The van der Waals surface area contributed by atoms with Gasteiger partial charge in [-0.05, 0) is 120 Å². The van der Waals surface area contributed by atoms with E-state index in [1.54, 1.807) is 6.92 Å². The van der Waals surface area contributed by atoms with Crippen LogP contribution < -0.4 is 42.5 Å². The fourth-order valence-corrected chi connectivity index (χ4v) is 5.67. The van der Waals surface area contributed by atoms with Gasteiger partial charge < -0.3 is 42.5 Å². The minimum absolute atomic E-state index is 0.0476. The minimum Gasteiger partial charge on any atom is -0.353 e. The molecule has 0 saturated heterocycles. The van der Waals surface area contributed by atoms with E-state index in [9.17, 15) is 19.2 Å². The van der Waals surface area contributed by atoms with Crippen LogP contribution in [0.4, 0.5) is 0 Å². The predicted octanol–water partition coefficient (Wildman–Crippen LogP) is 1.74. The lowest BCUT2D eigenvalue weighted by Crippen LogP contribution is -2.45. The lowest BCUT2D eigenvalue weighted by Gasteiger charge is -2.24. The summed E-state index contributed by atoms with van der Waals surface area (Å²) in [5, 5.41) is 25.2. The molecule has 4 atom stereocenters. The molecule has 0 aromatic carbocycles. The molecule has 0 bridgehead atoms. The molecule has 12 nitrogen and oxygen atoms in total. The monoisotopic (exact) mass is 655 g/mol. The van der Waals surface area contributed by atoms with Crippen LogP contribution in [0.2, 0.25) is 0 Å². The van der Waals surface area contributed by atoms with E-state index in [1.165, 1.54) is 0 Å². The highest BCUT2D eigenvalue weighted by molar-refractivity contribution is 5.82. The zero-order valence-corrected chi connectivity index (χ0v) is 30.1. The van der Waals surface area contributed by atoms with Crippen molar-refractivity contribution in [2.45, 2.75) is 134 Å². The molecule has 0 saturated carbocycles. The van der Waals surface area contributed by atoms with Crippen molar-refractivity contribution in [1.82, 2.24) is 42.5 Å². The molecule has 0 aromatic rings. The van der Waals surface area contributed by atoms with E-state index in [0.29, 0.717) is 25.7 Å². The number of unbranched alkanes of at least 4 members (excludes halogenated alkanes) is 4. The highest BCUT2D eigenvalue weighted by atomic mass is 16.2. The van der Waals surface area contributed by atoms with Gasteiger partial charge in [-0.15, -0.1) is 0 Å². The van der Waals surface area contributed by atoms with Gasteiger partial charge in [0.15, 0.2) is 0 Å². The third kappa shape index (κ3) is 26.0. The summed E-state index contributed by atoms with van der Waals surface area (Å²) in [5.74, 6) is -0.305. The number of amides is 3. The fourth-order valence-electron chi connectivity index (χ4n) is 5.67. The van der Waals surface area contributed by atoms with Crippen LogP contribution >= 0.6 is 0 Å². The number of rotatable bonds is 32. The van der Waals surface area contributed by atoms with Gasteiger partial charge in [0, 0.05) is 49.9 Å². The molecule has 0 spiro atoms. The van der Waals surface area contributed by atoms with Crippen molar-refractivity contribution < 1.29 is 19.2 Å². The number of Topliss-reactive ketones (excluding diaryl/α,β-unsaturated/α-hetero) is 1. The van der Waals surface area contributed by atoms with Gasteiger partial charge in [0.05, 0.1) is 0 Å². The first-order valence-electron chi connectivity index (χ1n) is 17.8. The zero-order chi connectivity index (χ0) is 34.4. The molecule has 0 fully saturated rings. The minimum atomic E-state index is -0.321. The van der Waals surface area contributed by atoms with Crippen molar-refractivity contribution in [3.05, 3.63) is 0 Å². The summed E-state index contributed by atoms with van der Waals surface area (Å²) in [6.07, 6.45) is 11.7. The first-order valence-corrected chi connectivity index (χ1v) is 17.8. The number of ketones is 1. The molecule has 4 unspecified atom stereocenters. The maximum Gasteiger partial charge on any atom is 0.222 e. The lowest BCUT2D eigenvalue weighted by atomic mass is 10.0. The Morgan fingerprint density at radius 3 is 0.978 bits per heavy atom. The van der Waals surface area contributed by atoms with Crippen LogP contribution in [0, 0.1) is 0 Å². The maximum atomic E-state index is 13.4. The lowest BCUT2D eigenvalue weighted by molar-refractivity contribution is -0.124. The van der Waals surface area contributed by atoms with Crippen LogP contribution in [0.25, 0.3) is 0 Å². The molecule has 8 N–H and O–H groups in total. The molecule has 3 amide bonds. The summed E-state index contributed by atoms with van der Waals surface area (Å²) in [5.41, 5.74) is 0. The molecule has 0 radical (unpaired) electrons. The van der Waals surface area contributed by atoms with Crippen LogP contribution in [0.5, 0.6) is 0 Å². The van der Waals surface area contributed by atoms with Crippen LogP contribution in [0.1, 0.15) is 110 Å². The van der Waals surface area contributed by atoms with E-state index in [2.05, 4.69) is 42.5 Å². The van der Waals surface area contributed by atoms with Gasteiger partial charge in [0.1, 0.15) is 5.78 Å². The number of hydrogen-bond acceptors (Lipinski definition) is 9. The standard InChI is InChI=1S/C34H70N8O4/c1-27(43)23-29(16-8-12-20-36-3)40-33(45)25-31(18-10-14-22-38-5)42-34(46)26-30(17-9-13-21-37-4)41-32(44)24-28(39-6)15-7-11-19-35-2/h28-31,35-39H,7-26H2,1-6H3,(H,40,45)(H,41,44)(H,42,46). The van der Waals surface area contributed by atoms with Gasteiger partial charge in [-0.25, -0.2) is 0 Å². The van der Waals surface area contributed by atoms with Gasteiger partial charge in [0.25, 0.3) is 0 Å². The van der Waals surface area contributed by atoms with E-state index < -0.39 is 0 Å². The summed E-state index contributed by atoms with van der Waals surface area (Å²) >= 11 is 0. The summed E-state index contributed by atoms with van der Waals surface area (Å²) in [7, 11) is 9.57. The Bertz CT molecular complexity index is 801. The Hall–Kier alpha value is -2.12. The summed E-state index contributed by atoms with van der Waals surface area (Å²) in [6, 6.07) is -0.711. The third-order valence-electron chi connectivity index (χ3n) is 8.25. The second kappa shape index (κ2) is 30.2. The van der Waals surface area contributed by atoms with Crippen LogP contribution in [-0.2, 0) is 19.2 Å². The Morgan fingerprint density at radius 1 is 0.413 bits per heavy atom. The van der Waals surface area contributed by atoms with Gasteiger partial charge in [-0.2, -0.15) is 0 Å². The zero-order valence-electron chi connectivity index (χ0n) is 30.1. The van der Waals surface area contributed by atoms with Crippen molar-refractivity contribution in [3.63, 3.8) is 0 Å². The average molecular weight is 655 g/mol. The largest absolute Gasteiger partial charge is 0.353 e. The van der Waals surface area contributed by atoms with Crippen molar-refractivity contribution in [3.8, 4) is 0 Å². The number of carbonyl (C=O) groups excluding carboxylic acids is 4. The Kier molecular flexibility index (Phi) is 28.8. The average Bonchev–Trinajstić information content (AvgIpc) is 3.00. The van der Waals surface area contributed by atoms with E-state index >= 15 is 0 Å². The Labute approximate surface area is 280 Å². The molecule has 0 aliphatic rings. The molecule has 0 heterocycles. The SMILES string of the molecule is CNCCCCC(CC(=O)NC(CCCCNC)CC(=O)NC(CCCCNC)CC(=O)NC(CCCCNC)CC(C)=O)NC. The topological polar surface area (TPSA) is 165 Å². The van der Waals surface area contributed by atoms with Gasteiger partial charge >= 0.3 is 0 Å².